The van der Waals surface area contributed by atoms with Gasteiger partial charge in [-0.3, -0.25) is 9.36 Å². The smallest absolute Gasteiger partial charge is 0.325 e. The van der Waals surface area contributed by atoms with E-state index >= 15 is 0 Å². The van der Waals surface area contributed by atoms with Gasteiger partial charge in [0.2, 0.25) is 5.91 Å². The Hall–Kier alpha value is -0.420. The van der Waals surface area contributed by atoms with Crippen molar-refractivity contribution < 1.29 is 23.9 Å². The number of carbonyl (C=O) groups is 1. The highest BCUT2D eigenvalue weighted by Crippen LogP contribution is 2.37. The van der Waals surface area contributed by atoms with Crippen LogP contribution in [0.5, 0.6) is 0 Å². The van der Waals surface area contributed by atoms with Gasteiger partial charge in [0.05, 0.1) is 6.61 Å². The average Bonchev–Trinajstić information content (AvgIpc) is 2.94. The summed E-state index contributed by atoms with van der Waals surface area (Å²) in [6, 6.07) is 0. The van der Waals surface area contributed by atoms with Gasteiger partial charge in [-0.05, 0) is 25.7 Å². The van der Waals surface area contributed by atoms with Gasteiger partial charge in [-0.25, -0.2) is 0 Å². The molecule has 0 aliphatic heterocycles. The first-order valence-electron chi connectivity index (χ1n) is 7.75. The van der Waals surface area contributed by atoms with Gasteiger partial charge in [-0.1, -0.05) is 19.3 Å². The van der Waals surface area contributed by atoms with E-state index in [1.807, 2.05) is 0 Å². The third-order valence-electron chi connectivity index (χ3n) is 3.87. The van der Waals surface area contributed by atoms with Crippen molar-refractivity contribution in [2.24, 2.45) is 11.8 Å². The van der Waals surface area contributed by atoms with Crippen LogP contribution in [0.25, 0.3) is 0 Å². The lowest BCUT2D eigenvalue weighted by atomic mass is 10.0. The molecule has 1 rings (SSSR count). The molecule has 1 amide bonds. The van der Waals surface area contributed by atoms with E-state index in [0.717, 1.165) is 51.6 Å². The molecule has 0 heterocycles. The summed E-state index contributed by atoms with van der Waals surface area (Å²) in [4.78, 5) is 20.8. The predicted molar refractivity (Wildman–Crippen MR) is 81.1 cm³/mol. The van der Waals surface area contributed by atoms with Crippen LogP contribution in [0.2, 0.25) is 0 Å². The molecular formula is C14H28NO5P. The Morgan fingerprint density at radius 2 is 2.05 bits per heavy atom. The molecule has 0 radical (unpaired) electrons. The quantitative estimate of drug-likeness (QED) is 0.422. The van der Waals surface area contributed by atoms with Crippen molar-refractivity contribution in [3.63, 3.8) is 0 Å². The molecule has 0 bridgehead atoms. The van der Waals surface area contributed by atoms with Gasteiger partial charge in [0.15, 0.2) is 0 Å². The van der Waals surface area contributed by atoms with Gasteiger partial charge in [0, 0.05) is 31.7 Å². The molecule has 2 atom stereocenters. The predicted octanol–water partition coefficient (Wildman–Crippen LogP) is 1.90. The van der Waals surface area contributed by atoms with Crippen LogP contribution < -0.4 is 5.32 Å². The van der Waals surface area contributed by atoms with Crippen LogP contribution in [0.4, 0.5) is 0 Å². The van der Waals surface area contributed by atoms with Gasteiger partial charge < -0.3 is 19.8 Å². The number of nitrogens with one attached hydrogen (secondary N) is 1. The lowest BCUT2D eigenvalue weighted by Crippen LogP contribution is -2.30. The highest BCUT2D eigenvalue weighted by Gasteiger charge is 2.22. The zero-order chi connectivity index (χ0) is 15.7. The number of unbranched alkanes of at least 4 members (excludes halogenated alkanes) is 1. The van der Waals surface area contributed by atoms with Crippen LogP contribution in [0, 0.1) is 11.8 Å². The van der Waals surface area contributed by atoms with Crippen molar-refractivity contribution in [3.05, 3.63) is 0 Å². The molecule has 0 aromatic heterocycles. The number of carbonyl (C=O) groups excluding carboxylic acids is 1. The Kier molecular flexibility index (Phi) is 8.49. The van der Waals surface area contributed by atoms with Crippen LogP contribution in [0.15, 0.2) is 0 Å². The summed E-state index contributed by atoms with van der Waals surface area (Å²) in [5.74, 6) is 0.240. The lowest BCUT2D eigenvalue weighted by Gasteiger charge is -2.16. The standard InChI is InChI=1S/C14H28NO5P/c1-21(18,19)20-11-12(10-16)6-4-5-9-15-14(17)13-7-2-3-8-13/h12-13,16H,2-11H2,1H3,(H,15,17)(H,18,19). The second-order valence-corrected chi connectivity index (χ2v) is 7.78. The summed E-state index contributed by atoms with van der Waals surface area (Å²) in [6.45, 7) is 1.82. The molecule has 1 fully saturated rings. The number of aliphatic hydroxyl groups excluding tert-OH is 1. The van der Waals surface area contributed by atoms with Gasteiger partial charge >= 0.3 is 7.60 Å². The number of aliphatic hydroxyl groups is 1. The van der Waals surface area contributed by atoms with Crippen molar-refractivity contribution in [1.82, 2.24) is 5.32 Å². The second-order valence-electron chi connectivity index (χ2n) is 5.92. The van der Waals surface area contributed by atoms with E-state index in [-0.39, 0.29) is 31.0 Å². The van der Waals surface area contributed by atoms with Crippen molar-refractivity contribution in [3.8, 4) is 0 Å². The number of amides is 1. The Morgan fingerprint density at radius 1 is 1.38 bits per heavy atom. The largest absolute Gasteiger partial charge is 0.396 e. The van der Waals surface area contributed by atoms with E-state index in [4.69, 9.17) is 9.42 Å². The minimum Gasteiger partial charge on any atom is -0.396 e. The Bertz CT molecular complexity index is 351. The van der Waals surface area contributed by atoms with E-state index in [9.17, 15) is 14.5 Å². The van der Waals surface area contributed by atoms with E-state index in [0.29, 0.717) is 6.54 Å². The molecule has 3 N–H and O–H groups in total. The van der Waals surface area contributed by atoms with E-state index in [1.54, 1.807) is 0 Å². The SMILES string of the molecule is CP(=O)(O)OCC(CO)CCCCNC(=O)C1CCCC1. The summed E-state index contributed by atoms with van der Waals surface area (Å²) < 4.78 is 15.8. The molecule has 7 heteroatoms. The summed E-state index contributed by atoms with van der Waals surface area (Å²) in [6.07, 6.45) is 6.74. The van der Waals surface area contributed by atoms with Crippen LogP contribution >= 0.6 is 7.60 Å². The lowest BCUT2D eigenvalue weighted by molar-refractivity contribution is -0.124. The van der Waals surface area contributed by atoms with Crippen LogP contribution in [0.1, 0.15) is 44.9 Å². The maximum atomic E-state index is 11.8. The Morgan fingerprint density at radius 3 is 2.62 bits per heavy atom. The van der Waals surface area contributed by atoms with Crippen molar-refractivity contribution in [1.29, 1.82) is 0 Å². The monoisotopic (exact) mass is 321 g/mol. The first kappa shape index (κ1) is 18.6. The fourth-order valence-corrected chi connectivity index (χ4v) is 3.06. The summed E-state index contributed by atoms with van der Waals surface area (Å²) in [5, 5.41) is 12.1. The molecule has 21 heavy (non-hydrogen) atoms. The fraction of sp³-hybridized carbons (Fsp3) is 0.929. The average molecular weight is 321 g/mol. The minimum absolute atomic E-state index is 0.0611. The highest BCUT2D eigenvalue weighted by atomic mass is 31.2. The molecule has 0 spiro atoms. The van der Waals surface area contributed by atoms with E-state index in [1.165, 1.54) is 0 Å². The molecule has 1 aliphatic rings. The maximum absolute atomic E-state index is 11.8. The first-order valence-corrected chi connectivity index (χ1v) is 9.78. The van der Waals surface area contributed by atoms with Crippen molar-refractivity contribution in [2.45, 2.75) is 44.9 Å². The molecule has 1 aliphatic carbocycles. The van der Waals surface area contributed by atoms with Crippen LogP contribution in [0.3, 0.4) is 0 Å². The van der Waals surface area contributed by atoms with E-state index < -0.39 is 7.60 Å². The second kappa shape index (κ2) is 9.57. The van der Waals surface area contributed by atoms with Crippen LogP contribution in [-0.2, 0) is 13.9 Å². The normalized spacial score (nSPS) is 20.1. The number of rotatable bonds is 10. The van der Waals surface area contributed by atoms with Gasteiger partial charge in [-0.15, -0.1) is 0 Å². The summed E-state index contributed by atoms with van der Waals surface area (Å²) in [7, 11) is -3.47. The zero-order valence-electron chi connectivity index (χ0n) is 12.8. The molecule has 0 aromatic carbocycles. The first-order chi connectivity index (χ1) is 9.92. The van der Waals surface area contributed by atoms with Crippen molar-refractivity contribution >= 4 is 13.5 Å². The number of hydrogen-bond acceptors (Lipinski definition) is 4. The molecule has 2 unspecified atom stereocenters. The van der Waals surface area contributed by atoms with Crippen molar-refractivity contribution in [2.75, 3.05) is 26.4 Å². The third kappa shape index (κ3) is 8.57. The molecule has 1 saturated carbocycles. The van der Waals surface area contributed by atoms with Gasteiger partial charge in [-0.2, -0.15) is 0 Å². The van der Waals surface area contributed by atoms with E-state index in [2.05, 4.69) is 5.32 Å². The Balaban J connectivity index is 2.06. The molecule has 6 nitrogen and oxygen atoms in total. The molecule has 124 valence electrons. The molecule has 0 saturated heterocycles. The van der Waals surface area contributed by atoms with Crippen LogP contribution in [-0.4, -0.2) is 42.3 Å². The molecule has 0 aromatic rings. The highest BCUT2D eigenvalue weighted by molar-refractivity contribution is 7.51. The van der Waals surface area contributed by atoms with Gasteiger partial charge in [0.1, 0.15) is 0 Å². The minimum atomic E-state index is -3.47. The zero-order valence-corrected chi connectivity index (χ0v) is 13.7. The topological polar surface area (TPSA) is 95.9 Å². The van der Waals surface area contributed by atoms with Gasteiger partial charge in [0.25, 0.3) is 0 Å². The Labute approximate surface area is 126 Å². The molecular weight excluding hydrogens is 293 g/mol. The third-order valence-corrected chi connectivity index (χ3v) is 4.50. The maximum Gasteiger partial charge on any atom is 0.325 e. The number of hydrogen-bond donors (Lipinski definition) is 3. The summed E-state index contributed by atoms with van der Waals surface area (Å²) >= 11 is 0. The summed E-state index contributed by atoms with van der Waals surface area (Å²) in [5.41, 5.74) is 0. The fourth-order valence-electron chi connectivity index (χ4n) is 2.57.